The van der Waals surface area contributed by atoms with Crippen molar-refractivity contribution in [1.29, 1.82) is 0 Å². The molecular formula is C12H15ClN4OS. The summed E-state index contributed by atoms with van der Waals surface area (Å²) in [5.74, 6) is -0.198. The zero-order chi connectivity index (χ0) is 14.0. The SMILES string of the molecule is CC(C)n1ncc(Cl)c1C(=O)c1csc(CCN)n1. The zero-order valence-electron chi connectivity index (χ0n) is 10.8. The Morgan fingerprint density at radius 3 is 2.95 bits per heavy atom. The fourth-order valence-electron chi connectivity index (χ4n) is 1.72. The van der Waals surface area contributed by atoms with Crippen LogP contribution in [0, 0.1) is 0 Å². The summed E-state index contributed by atoms with van der Waals surface area (Å²) in [5.41, 5.74) is 6.27. The Labute approximate surface area is 120 Å². The van der Waals surface area contributed by atoms with Crippen LogP contribution >= 0.6 is 22.9 Å². The molecule has 0 bridgehead atoms. The van der Waals surface area contributed by atoms with Crippen LogP contribution in [0.25, 0.3) is 0 Å². The van der Waals surface area contributed by atoms with Gasteiger partial charge in [0.25, 0.3) is 0 Å². The number of carbonyl (C=O) groups is 1. The van der Waals surface area contributed by atoms with Crippen LogP contribution in [0.15, 0.2) is 11.6 Å². The molecule has 0 spiro atoms. The molecule has 0 radical (unpaired) electrons. The Balaban J connectivity index is 2.35. The van der Waals surface area contributed by atoms with E-state index < -0.39 is 0 Å². The number of thiazole rings is 1. The van der Waals surface area contributed by atoms with E-state index in [9.17, 15) is 4.79 Å². The normalized spacial score (nSPS) is 11.2. The molecule has 0 unspecified atom stereocenters. The van der Waals surface area contributed by atoms with Crippen molar-refractivity contribution >= 4 is 28.7 Å². The summed E-state index contributed by atoms with van der Waals surface area (Å²) in [6, 6.07) is 0.0635. The molecule has 0 aliphatic rings. The van der Waals surface area contributed by atoms with Crippen molar-refractivity contribution in [2.45, 2.75) is 26.3 Å². The third-order valence-corrected chi connectivity index (χ3v) is 3.78. The van der Waals surface area contributed by atoms with Gasteiger partial charge < -0.3 is 5.73 Å². The summed E-state index contributed by atoms with van der Waals surface area (Å²) >= 11 is 7.49. The van der Waals surface area contributed by atoms with Gasteiger partial charge in [-0.05, 0) is 20.4 Å². The van der Waals surface area contributed by atoms with E-state index in [0.717, 1.165) is 5.01 Å². The zero-order valence-corrected chi connectivity index (χ0v) is 12.3. The fourth-order valence-corrected chi connectivity index (χ4v) is 2.73. The van der Waals surface area contributed by atoms with Crippen molar-refractivity contribution in [2.24, 2.45) is 5.73 Å². The molecule has 0 aliphatic carbocycles. The molecule has 0 fully saturated rings. The van der Waals surface area contributed by atoms with Crippen LogP contribution in [-0.2, 0) is 6.42 Å². The number of hydrogen-bond acceptors (Lipinski definition) is 5. The molecule has 102 valence electrons. The van der Waals surface area contributed by atoms with Gasteiger partial charge in [-0.15, -0.1) is 11.3 Å². The number of aromatic nitrogens is 3. The van der Waals surface area contributed by atoms with Crippen LogP contribution in [0.4, 0.5) is 0 Å². The van der Waals surface area contributed by atoms with Crippen LogP contribution < -0.4 is 5.73 Å². The van der Waals surface area contributed by atoms with E-state index in [1.54, 1.807) is 10.1 Å². The molecule has 2 aromatic rings. The highest BCUT2D eigenvalue weighted by Gasteiger charge is 2.22. The topological polar surface area (TPSA) is 73.8 Å². The highest BCUT2D eigenvalue weighted by molar-refractivity contribution is 7.09. The minimum Gasteiger partial charge on any atom is -0.330 e. The lowest BCUT2D eigenvalue weighted by atomic mass is 10.2. The molecule has 7 heteroatoms. The lowest BCUT2D eigenvalue weighted by Crippen LogP contribution is -2.14. The Morgan fingerprint density at radius 2 is 2.32 bits per heavy atom. The first kappa shape index (κ1) is 14.2. The number of nitrogens with zero attached hydrogens (tertiary/aromatic N) is 3. The van der Waals surface area contributed by atoms with Crippen LogP contribution in [0.3, 0.4) is 0 Å². The number of rotatable bonds is 5. The minimum atomic E-state index is -0.198. The molecule has 0 aromatic carbocycles. The van der Waals surface area contributed by atoms with E-state index in [-0.39, 0.29) is 11.8 Å². The maximum absolute atomic E-state index is 12.4. The largest absolute Gasteiger partial charge is 0.330 e. The van der Waals surface area contributed by atoms with Gasteiger partial charge in [0.2, 0.25) is 5.78 Å². The molecule has 0 atom stereocenters. The Bertz CT molecular complexity index is 590. The minimum absolute atomic E-state index is 0.0635. The molecule has 2 N–H and O–H groups in total. The molecule has 0 saturated carbocycles. The summed E-state index contributed by atoms with van der Waals surface area (Å²) < 4.78 is 1.62. The van der Waals surface area contributed by atoms with Crippen LogP contribution in [0.1, 0.15) is 41.1 Å². The van der Waals surface area contributed by atoms with Gasteiger partial charge in [0.15, 0.2) is 0 Å². The van der Waals surface area contributed by atoms with Crippen molar-refractivity contribution in [3.8, 4) is 0 Å². The first-order chi connectivity index (χ1) is 9.04. The average molecular weight is 299 g/mol. The summed E-state index contributed by atoms with van der Waals surface area (Å²) in [6.45, 7) is 4.41. The second kappa shape index (κ2) is 5.81. The highest BCUT2D eigenvalue weighted by atomic mass is 35.5. The van der Waals surface area contributed by atoms with Crippen molar-refractivity contribution in [3.63, 3.8) is 0 Å². The Kier molecular flexibility index (Phi) is 4.34. The quantitative estimate of drug-likeness (QED) is 0.860. The predicted molar refractivity (Wildman–Crippen MR) is 75.9 cm³/mol. The molecule has 0 amide bonds. The van der Waals surface area contributed by atoms with Crippen molar-refractivity contribution in [2.75, 3.05) is 6.54 Å². The fraction of sp³-hybridized carbons (Fsp3) is 0.417. The van der Waals surface area contributed by atoms with Crippen LogP contribution in [-0.4, -0.2) is 27.1 Å². The van der Waals surface area contributed by atoms with Gasteiger partial charge >= 0.3 is 0 Å². The number of carbonyl (C=O) groups excluding carboxylic acids is 1. The van der Waals surface area contributed by atoms with Gasteiger partial charge in [0.1, 0.15) is 11.4 Å². The summed E-state index contributed by atoms with van der Waals surface area (Å²) in [7, 11) is 0. The second-order valence-electron chi connectivity index (χ2n) is 4.37. The molecule has 2 heterocycles. The van der Waals surface area contributed by atoms with E-state index in [2.05, 4.69) is 10.1 Å². The van der Waals surface area contributed by atoms with Crippen LogP contribution in [0.2, 0.25) is 5.02 Å². The van der Waals surface area contributed by atoms with E-state index in [4.69, 9.17) is 17.3 Å². The van der Waals surface area contributed by atoms with E-state index >= 15 is 0 Å². The van der Waals surface area contributed by atoms with Crippen molar-refractivity contribution < 1.29 is 4.79 Å². The molecule has 5 nitrogen and oxygen atoms in total. The summed E-state index contributed by atoms with van der Waals surface area (Å²) in [5, 5.41) is 7.07. The highest BCUT2D eigenvalue weighted by Crippen LogP contribution is 2.23. The third kappa shape index (κ3) is 2.86. The molecule has 19 heavy (non-hydrogen) atoms. The van der Waals surface area contributed by atoms with Crippen LogP contribution in [0.5, 0.6) is 0 Å². The Hall–Kier alpha value is -1.24. The van der Waals surface area contributed by atoms with Gasteiger partial charge in [0.05, 0.1) is 16.2 Å². The summed E-state index contributed by atoms with van der Waals surface area (Å²) in [6.07, 6.45) is 2.16. The number of ketones is 1. The van der Waals surface area contributed by atoms with Gasteiger partial charge in [-0.1, -0.05) is 11.6 Å². The average Bonchev–Trinajstić information content (AvgIpc) is 2.95. The monoisotopic (exact) mass is 298 g/mol. The smallest absolute Gasteiger partial charge is 0.231 e. The predicted octanol–water partition coefficient (Wildman–Crippen LogP) is 2.31. The number of nitrogens with two attached hydrogens (primary N) is 1. The lowest BCUT2D eigenvalue weighted by molar-refractivity contribution is 0.102. The van der Waals surface area contributed by atoms with Gasteiger partial charge in [0, 0.05) is 17.8 Å². The van der Waals surface area contributed by atoms with Gasteiger partial charge in [-0.25, -0.2) is 4.98 Å². The maximum Gasteiger partial charge on any atom is 0.231 e. The molecule has 0 saturated heterocycles. The molecular weight excluding hydrogens is 284 g/mol. The number of hydrogen-bond donors (Lipinski definition) is 1. The second-order valence-corrected chi connectivity index (χ2v) is 5.72. The maximum atomic E-state index is 12.4. The van der Waals surface area contributed by atoms with Crippen molar-refractivity contribution in [1.82, 2.24) is 14.8 Å². The molecule has 0 aliphatic heterocycles. The Morgan fingerprint density at radius 1 is 1.58 bits per heavy atom. The standard InChI is InChI=1S/C12H15ClN4OS/c1-7(2)17-11(8(13)5-15-17)12(18)9-6-19-10(16-9)3-4-14/h5-7H,3-4,14H2,1-2H3. The summed E-state index contributed by atoms with van der Waals surface area (Å²) in [4.78, 5) is 16.7. The van der Waals surface area contributed by atoms with Gasteiger partial charge in [-0.3, -0.25) is 9.48 Å². The molecule has 2 aromatic heterocycles. The van der Waals surface area contributed by atoms with E-state index in [1.165, 1.54) is 17.5 Å². The first-order valence-electron chi connectivity index (χ1n) is 5.96. The number of halogens is 1. The lowest BCUT2D eigenvalue weighted by Gasteiger charge is -2.09. The van der Waals surface area contributed by atoms with E-state index in [0.29, 0.717) is 29.4 Å². The van der Waals surface area contributed by atoms with Gasteiger partial charge in [-0.2, -0.15) is 5.10 Å². The first-order valence-corrected chi connectivity index (χ1v) is 7.22. The third-order valence-electron chi connectivity index (χ3n) is 2.60. The van der Waals surface area contributed by atoms with E-state index in [1.807, 2.05) is 13.8 Å². The molecule has 2 rings (SSSR count). The van der Waals surface area contributed by atoms with Crippen molar-refractivity contribution in [3.05, 3.63) is 33.0 Å².